The fourth-order valence-electron chi connectivity index (χ4n) is 2.28. The van der Waals surface area contributed by atoms with Crippen molar-refractivity contribution >= 4 is 39.0 Å². The summed E-state index contributed by atoms with van der Waals surface area (Å²) in [6.45, 7) is -0.138. The number of non-ortho nitro benzene ring substituents is 1. The molecule has 0 bridgehead atoms. The molecule has 8 nitrogen and oxygen atoms in total. The van der Waals surface area contributed by atoms with Crippen molar-refractivity contribution in [2.45, 2.75) is 17.7 Å². The van der Waals surface area contributed by atoms with Crippen LogP contribution >= 0.6 is 11.6 Å². The highest BCUT2D eigenvalue weighted by molar-refractivity contribution is 7.92. The molecule has 2 aromatic rings. The van der Waals surface area contributed by atoms with E-state index in [-0.39, 0.29) is 40.7 Å². The van der Waals surface area contributed by atoms with E-state index in [4.69, 9.17) is 16.7 Å². The second kappa shape index (κ2) is 8.15. The molecule has 0 spiro atoms. The van der Waals surface area contributed by atoms with Crippen molar-refractivity contribution < 1.29 is 23.2 Å². The number of nitrogens with zero attached hydrogens (tertiary/aromatic N) is 2. The maximum Gasteiger partial charge on any atom is 0.303 e. The van der Waals surface area contributed by atoms with Crippen molar-refractivity contribution in [1.29, 1.82) is 0 Å². The van der Waals surface area contributed by atoms with Crippen LogP contribution in [0, 0.1) is 10.1 Å². The number of hydrogen-bond donors (Lipinski definition) is 1. The van der Waals surface area contributed by atoms with E-state index in [9.17, 15) is 23.3 Å². The average molecular weight is 399 g/mol. The third-order valence-corrected chi connectivity index (χ3v) is 5.62. The molecule has 2 aromatic carbocycles. The third-order valence-electron chi connectivity index (χ3n) is 3.49. The van der Waals surface area contributed by atoms with Gasteiger partial charge in [0.25, 0.3) is 15.7 Å². The lowest BCUT2D eigenvalue weighted by atomic mass is 10.3. The molecule has 1 N–H and O–H groups in total. The highest BCUT2D eigenvalue weighted by Crippen LogP contribution is 2.31. The molecule has 0 saturated heterocycles. The number of carbonyl (C=O) groups is 1. The number of rotatable bonds is 8. The van der Waals surface area contributed by atoms with E-state index < -0.39 is 20.9 Å². The Kier molecular flexibility index (Phi) is 6.17. The van der Waals surface area contributed by atoms with Crippen LogP contribution in [0.2, 0.25) is 5.02 Å². The van der Waals surface area contributed by atoms with Crippen molar-refractivity contribution in [3.63, 3.8) is 0 Å². The number of halogens is 1. The summed E-state index contributed by atoms with van der Waals surface area (Å²) in [4.78, 5) is 20.7. The molecule has 0 radical (unpaired) electrons. The largest absolute Gasteiger partial charge is 0.481 e. The summed E-state index contributed by atoms with van der Waals surface area (Å²) < 4.78 is 27.0. The highest BCUT2D eigenvalue weighted by Gasteiger charge is 2.27. The van der Waals surface area contributed by atoms with Gasteiger partial charge in [-0.3, -0.25) is 19.2 Å². The fraction of sp³-hybridized carbons (Fsp3) is 0.188. The average Bonchev–Trinajstić information content (AvgIpc) is 2.59. The van der Waals surface area contributed by atoms with Crippen LogP contribution in [0.1, 0.15) is 12.8 Å². The quantitative estimate of drug-likeness (QED) is 0.538. The number of carboxylic acid groups (broad SMARTS) is 1. The number of para-hydroxylation sites is 1. The zero-order chi connectivity index (χ0) is 19.3. The summed E-state index contributed by atoms with van der Waals surface area (Å²) in [6.07, 6.45) is -0.180. The molecule has 0 fully saturated rings. The minimum absolute atomic E-state index is 0.0503. The molecule has 0 amide bonds. The van der Waals surface area contributed by atoms with Crippen LogP contribution in [-0.2, 0) is 14.8 Å². The molecule has 0 atom stereocenters. The monoisotopic (exact) mass is 398 g/mol. The van der Waals surface area contributed by atoms with Gasteiger partial charge in [-0.1, -0.05) is 29.8 Å². The summed E-state index contributed by atoms with van der Waals surface area (Å²) in [7, 11) is -4.18. The van der Waals surface area contributed by atoms with Crippen LogP contribution in [-0.4, -0.2) is 31.0 Å². The minimum atomic E-state index is -4.18. The molecule has 0 saturated carbocycles. The number of nitro benzene ring substituents is 1. The Labute approximate surface area is 154 Å². The molecular weight excluding hydrogens is 384 g/mol. The number of aliphatic carboxylic acids is 1. The molecule has 2 rings (SSSR count). The zero-order valence-corrected chi connectivity index (χ0v) is 15.0. The van der Waals surface area contributed by atoms with E-state index in [1.54, 1.807) is 12.1 Å². The highest BCUT2D eigenvalue weighted by atomic mass is 35.5. The number of hydrogen-bond acceptors (Lipinski definition) is 5. The van der Waals surface area contributed by atoms with Crippen LogP contribution < -0.4 is 4.31 Å². The topological polar surface area (TPSA) is 118 Å². The van der Waals surface area contributed by atoms with Crippen molar-refractivity contribution in [3.8, 4) is 0 Å². The first kappa shape index (κ1) is 19.7. The van der Waals surface area contributed by atoms with Gasteiger partial charge < -0.3 is 5.11 Å². The van der Waals surface area contributed by atoms with Gasteiger partial charge in [0.2, 0.25) is 0 Å². The van der Waals surface area contributed by atoms with E-state index in [0.29, 0.717) is 0 Å². The number of nitro groups is 1. The number of carboxylic acids is 1. The molecule has 0 aromatic heterocycles. The van der Waals surface area contributed by atoms with Gasteiger partial charge in [-0.25, -0.2) is 8.42 Å². The summed E-state index contributed by atoms with van der Waals surface area (Å²) in [5.74, 6) is -1.06. The van der Waals surface area contributed by atoms with Gasteiger partial charge >= 0.3 is 5.97 Å². The minimum Gasteiger partial charge on any atom is -0.481 e. The second-order valence-electron chi connectivity index (χ2n) is 5.28. The molecule has 0 aliphatic heterocycles. The van der Waals surface area contributed by atoms with Crippen molar-refractivity contribution in [2.24, 2.45) is 0 Å². The van der Waals surface area contributed by atoms with Crippen molar-refractivity contribution in [2.75, 3.05) is 10.8 Å². The molecule has 0 heterocycles. The summed E-state index contributed by atoms with van der Waals surface area (Å²) in [5, 5.41) is 19.9. The van der Waals surface area contributed by atoms with Crippen LogP contribution in [0.5, 0.6) is 0 Å². The lowest BCUT2D eigenvalue weighted by molar-refractivity contribution is -0.385. The number of sulfonamides is 1. The number of anilines is 1. The Bertz CT molecular complexity index is 932. The van der Waals surface area contributed by atoms with Crippen LogP contribution in [0.25, 0.3) is 0 Å². The SMILES string of the molecule is O=C(O)CCCN(c1ccccc1Cl)S(=O)(=O)c1cccc([N+](=O)[O-])c1. The maximum atomic E-state index is 13.0. The fourth-order valence-corrected chi connectivity index (χ4v) is 4.13. The van der Waals surface area contributed by atoms with E-state index in [0.717, 1.165) is 10.4 Å². The summed E-state index contributed by atoms with van der Waals surface area (Å²) in [6, 6.07) is 10.9. The Hall–Kier alpha value is -2.65. The predicted molar refractivity (Wildman–Crippen MR) is 96.0 cm³/mol. The van der Waals surface area contributed by atoms with Crippen molar-refractivity contribution in [1.82, 2.24) is 0 Å². The Balaban J connectivity index is 2.49. The molecule has 0 unspecified atom stereocenters. The van der Waals surface area contributed by atoms with Gasteiger partial charge in [-0.05, 0) is 24.6 Å². The molecule has 138 valence electrons. The van der Waals surface area contributed by atoms with E-state index in [1.807, 2.05) is 0 Å². The maximum absolute atomic E-state index is 13.0. The molecule has 10 heteroatoms. The van der Waals surface area contributed by atoms with Crippen molar-refractivity contribution in [3.05, 3.63) is 63.7 Å². The van der Waals surface area contributed by atoms with Gasteiger partial charge in [0, 0.05) is 25.1 Å². The zero-order valence-electron chi connectivity index (χ0n) is 13.4. The van der Waals surface area contributed by atoms with E-state index in [1.165, 1.54) is 30.3 Å². The molecular formula is C16H15ClN2O6S. The summed E-state index contributed by atoms with van der Waals surface area (Å²) in [5.41, 5.74) is -0.193. The van der Waals surface area contributed by atoms with E-state index in [2.05, 4.69) is 0 Å². The Morgan fingerprint density at radius 2 is 1.88 bits per heavy atom. The van der Waals surface area contributed by atoms with Gasteiger partial charge in [0.1, 0.15) is 0 Å². The van der Waals surface area contributed by atoms with Gasteiger partial charge in [0.15, 0.2) is 0 Å². The molecule has 0 aliphatic carbocycles. The smallest absolute Gasteiger partial charge is 0.303 e. The Morgan fingerprint density at radius 3 is 2.50 bits per heavy atom. The van der Waals surface area contributed by atoms with Crippen LogP contribution in [0.15, 0.2) is 53.4 Å². The first-order valence-electron chi connectivity index (χ1n) is 7.47. The first-order valence-corrected chi connectivity index (χ1v) is 9.29. The van der Waals surface area contributed by atoms with Gasteiger partial charge in [0.05, 0.1) is 20.5 Å². The molecule has 26 heavy (non-hydrogen) atoms. The third kappa shape index (κ3) is 4.50. The van der Waals surface area contributed by atoms with E-state index >= 15 is 0 Å². The first-order chi connectivity index (χ1) is 12.2. The van der Waals surface area contributed by atoms with Crippen LogP contribution in [0.4, 0.5) is 11.4 Å². The molecule has 0 aliphatic rings. The summed E-state index contributed by atoms with van der Waals surface area (Å²) >= 11 is 6.11. The standard InChI is InChI=1S/C16H15ClN2O6S/c17-14-7-1-2-8-15(14)18(10-4-9-16(20)21)26(24,25)13-6-3-5-12(11-13)19(22)23/h1-3,5-8,11H,4,9-10H2,(H,20,21). The predicted octanol–water partition coefficient (Wildman–Crippen LogP) is 3.31. The lowest BCUT2D eigenvalue weighted by Crippen LogP contribution is -2.32. The second-order valence-corrected chi connectivity index (χ2v) is 7.55. The lowest BCUT2D eigenvalue weighted by Gasteiger charge is -2.25. The van der Waals surface area contributed by atoms with Gasteiger partial charge in [-0.2, -0.15) is 0 Å². The van der Waals surface area contributed by atoms with Crippen LogP contribution in [0.3, 0.4) is 0 Å². The number of benzene rings is 2. The Morgan fingerprint density at radius 1 is 1.19 bits per heavy atom. The normalized spacial score (nSPS) is 11.1. The van der Waals surface area contributed by atoms with Gasteiger partial charge in [-0.15, -0.1) is 0 Å².